The third kappa shape index (κ3) is 4.33. The highest BCUT2D eigenvalue weighted by Crippen LogP contribution is 2.12. The molecule has 1 heterocycles. The lowest BCUT2D eigenvalue weighted by Crippen LogP contribution is -2.37. The molecule has 0 aromatic carbocycles. The minimum Gasteiger partial charge on any atom is -0.390 e. The number of rotatable bonds is 5. The Labute approximate surface area is 105 Å². The van der Waals surface area contributed by atoms with Crippen LogP contribution in [0.1, 0.15) is 10.5 Å². The predicted octanol–water partition coefficient (Wildman–Crippen LogP) is -0.274. The first kappa shape index (κ1) is 14.0. The average Bonchev–Trinajstić information content (AvgIpc) is 2.53. The maximum Gasteiger partial charge on any atom is 0.273 e. The number of aromatic nitrogens is 2. The van der Waals surface area contributed by atoms with Crippen LogP contribution in [0.25, 0.3) is 0 Å². The van der Waals surface area contributed by atoms with Crippen LogP contribution in [0.4, 0.5) is 0 Å². The van der Waals surface area contributed by atoms with E-state index < -0.39 is 6.10 Å². The molecule has 1 rings (SSSR count). The Hall–Kier alpha value is -1.11. The summed E-state index contributed by atoms with van der Waals surface area (Å²) in [7, 11) is 5.38. The van der Waals surface area contributed by atoms with Crippen LogP contribution in [0.15, 0.2) is 6.20 Å². The van der Waals surface area contributed by atoms with Crippen molar-refractivity contribution in [2.75, 3.05) is 27.2 Å². The van der Waals surface area contributed by atoms with Crippen molar-refractivity contribution in [3.05, 3.63) is 16.9 Å². The zero-order valence-electron chi connectivity index (χ0n) is 10.1. The van der Waals surface area contributed by atoms with Crippen molar-refractivity contribution in [3.63, 3.8) is 0 Å². The first-order valence-corrected chi connectivity index (χ1v) is 5.58. The maximum absolute atomic E-state index is 11.7. The standard InChI is InChI=1S/C10H17ClN4O2/c1-14(2)5-7(16)4-12-10(17)9-8(11)6-15(3)13-9/h6-7,16H,4-5H2,1-3H3,(H,12,17). The Morgan fingerprint density at radius 2 is 2.35 bits per heavy atom. The van der Waals surface area contributed by atoms with Crippen LogP contribution in [-0.4, -0.2) is 59.0 Å². The predicted molar refractivity (Wildman–Crippen MR) is 65.1 cm³/mol. The Morgan fingerprint density at radius 1 is 1.71 bits per heavy atom. The molecular formula is C10H17ClN4O2. The second-order valence-electron chi connectivity index (χ2n) is 4.13. The summed E-state index contributed by atoms with van der Waals surface area (Å²) in [6.07, 6.45) is 0.934. The molecule has 0 bridgehead atoms. The fourth-order valence-corrected chi connectivity index (χ4v) is 1.66. The molecule has 1 aromatic rings. The molecule has 0 fully saturated rings. The van der Waals surface area contributed by atoms with Gasteiger partial charge < -0.3 is 15.3 Å². The van der Waals surface area contributed by atoms with E-state index >= 15 is 0 Å². The molecule has 7 heteroatoms. The molecule has 1 unspecified atom stereocenters. The molecule has 6 nitrogen and oxygen atoms in total. The van der Waals surface area contributed by atoms with Crippen LogP contribution in [0.5, 0.6) is 0 Å². The summed E-state index contributed by atoms with van der Waals surface area (Å²) < 4.78 is 1.47. The maximum atomic E-state index is 11.7. The zero-order chi connectivity index (χ0) is 13.0. The smallest absolute Gasteiger partial charge is 0.273 e. The van der Waals surface area contributed by atoms with Crippen molar-refractivity contribution in [1.82, 2.24) is 20.0 Å². The molecule has 0 saturated heterocycles. The molecule has 1 atom stereocenters. The lowest BCUT2D eigenvalue weighted by Gasteiger charge is -2.15. The molecule has 2 N–H and O–H groups in total. The monoisotopic (exact) mass is 260 g/mol. The molecule has 96 valence electrons. The molecule has 1 aromatic heterocycles. The van der Waals surface area contributed by atoms with Gasteiger partial charge in [0, 0.05) is 26.3 Å². The van der Waals surface area contributed by atoms with Gasteiger partial charge in [0.25, 0.3) is 5.91 Å². The number of aryl methyl sites for hydroxylation is 1. The highest BCUT2D eigenvalue weighted by molar-refractivity contribution is 6.33. The second kappa shape index (κ2) is 6.00. The lowest BCUT2D eigenvalue weighted by molar-refractivity contribution is 0.0887. The van der Waals surface area contributed by atoms with Gasteiger partial charge in [-0.3, -0.25) is 9.48 Å². The van der Waals surface area contributed by atoms with Crippen molar-refractivity contribution in [2.45, 2.75) is 6.10 Å². The van der Waals surface area contributed by atoms with E-state index in [0.717, 1.165) is 0 Å². The lowest BCUT2D eigenvalue weighted by atomic mass is 10.3. The fourth-order valence-electron chi connectivity index (χ4n) is 1.39. The zero-order valence-corrected chi connectivity index (χ0v) is 10.9. The second-order valence-corrected chi connectivity index (χ2v) is 4.53. The molecule has 0 aliphatic rings. The first-order chi connectivity index (χ1) is 7.90. The molecule has 17 heavy (non-hydrogen) atoms. The summed E-state index contributed by atoms with van der Waals surface area (Å²) in [5, 5.41) is 16.4. The number of halogens is 1. The third-order valence-corrected chi connectivity index (χ3v) is 2.35. The van der Waals surface area contributed by atoms with E-state index in [4.69, 9.17) is 11.6 Å². The number of hydrogen-bond donors (Lipinski definition) is 2. The van der Waals surface area contributed by atoms with Crippen molar-refractivity contribution in [3.8, 4) is 0 Å². The first-order valence-electron chi connectivity index (χ1n) is 5.20. The van der Waals surface area contributed by atoms with Crippen molar-refractivity contribution >= 4 is 17.5 Å². The summed E-state index contributed by atoms with van der Waals surface area (Å²) in [5.41, 5.74) is 0.172. The quantitative estimate of drug-likeness (QED) is 0.764. The Morgan fingerprint density at radius 3 is 2.82 bits per heavy atom. The third-order valence-electron chi connectivity index (χ3n) is 2.07. The summed E-state index contributed by atoms with van der Waals surface area (Å²) in [6.45, 7) is 0.653. The fraction of sp³-hybridized carbons (Fsp3) is 0.600. The number of hydrogen-bond acceptors (Lipinski definition) is 4. The van der Waals surface area contributed by atoms with Crippen molar-refractivity contribution < 1.29 is 9.90 Å². The van der Waals surface area contributed by atoms with Gasteiger partial charge in [0.2, 0.25) is 0 Å². The van der Waals surface area contributed by atoms with Crippen molar-refractivity contribution in [2.24, 2.45) is 7.05 Å². The molecule has 0 aliphatic carbocycles. The molecule has 0 radical (unpaired) electrons. The van der Waals surface area contributed by atoms with Crippen LogP contribution in [0, 0.1) is 0 Å². The Kier molecular flexibility index (Phi) is 4.92. The van der Waals surface area contributed by atoms with Crippen LogP contribution in [-0.2, 0) is 7.05 Å². The highest BCUT2D eigenvalue weighted by Gasteiger charge is 2.15. The molecular weight excluding hydrogens is 244 g/mol. The number of carbonyl (C=O) groups is 1. The van der Waals surface area contributed by atoms with Crippen molar-refractivity contribution in [1.29, 1.82) is 0 Å². The average molecular weight is 261 g/mol. The van der Waals surface area contributed by atoms with E-state index in [1.807, 2.05) is 19.0 Å². The summed E-state index contributed by atoms with van der Waals surface area (Å²) >= 11 is 5.82. The number of carbonyl (C=O) groups excluding carboxylic acids is 1. The largest absolute Gasteiger partial charge is 0.390 e. The highest BCUT2D eigenvalue weighted by atomic mass is 35.5. The Bertz CT molecular complexity index is 392. The minimum atomic E-state index is -0.614. The molecule has 1 amide bonds. The van der Waals surface area contributed by atoms with E-state index in [1.165, 1.54) is 4.68 Å². The minimum absolute atomic E-state index is 0.171. The van der Waals surface area contributed by atoms with Crippen LogP contribution >= 0.6 is 11.6 Å². The van der Waals surface area contributed by atoms with E-state index in [1.54, 1.807) is 13.2 Å². The summed E-state index contributed by atoms with van der Waals surface area (Å²) in [5.74, 6) is -0.381. The van der Waals surface area contributed by atoms with Gasteiger partial charge in [0.05, 0.1) is 11.1 Å². The SMILES string of the molecule is CN(C)CC(O)CNC(=O)c1nn(C)cc1Cl. The Balaban J connectivity index is 2.47. The van der Waals surface area contributed by atoms with E-state index in [2.05, 4.69) is 10.4 Å². The molecule has 0 aliphatic heterocycles. The van der Waals surface area contributed by atoms with E-state index in [0.29, 0.717) is 11.6 Å². The van der Waals surface area contributed by atoms with Gasteiger partial charge in [0.15, 0.2) is 5.69 Å². The van der Waals surface area contributed by atoms with Gasteiger partial charge in [-0.1, -0.05) is 11.6 Å². The topological polar surface area (TPSA) is 70.4 Å². The summed E-state index contributed by atoms with van der Waals surface area (Å²) in [6, 6.07) is 0. The molecule has 0 spiro atoms. The molecule has 0 saturated carbocycles. The number of aliphatic hydroxyl groups excluding tert-OH is 1. The van der Waals surface area contributed by atoms with E-state index in [9.17, 15) is 9.90 Å². The van der Waals surface area contributed by atoms with Crippen LogP contribution in [0.2, 0.25) is 5.02 Å². The normalized spacial score (nSPS) is 12.8. The van der Waals surface area contributed by atoms with Gasteiger partial charge in [-0.2, -0.15) is 5.10 Å². The van der Waals surface area contributed by atoms with Gasteiger partial charge in [-0.05, 0) is 14.1 Å². The van der Waals surface area contributed by atoms with Crippen LogP contribution < -0.4 is 5.32 Å². The number of aliphatic hydroxyl groups is 1. The van der Waals surface area contributed by atoms with Gasteiger partial charge in [0.1, 0.15) is 0 Å². The van der Waals surface area contributed by atoms with Gasteiger partial charge in [-0.25, -0.2) is 0 Å². The van der Waals surface area contributed by atoms with Gasteiger partial charge >= 0.3 is 0 Å². The van der Waals surface area contributed by atoms with E-state index in [-0.39, 0.29) is 18.1 Å². The van der Waals surface area contributed by atoms with Crippen LogP contribution in [0.3, 0.4) is 0 Å². The van der Waals surface area contributed by atoms with Gasteiger partial charge in [-0.15, -0.1) is 0 Å². The number of likely N-dealkylation sites (N-methyl/N-ethyl adjacent to an activating group) is 1. The number of nitrogens with one attached hydrogen (secondary N) is 1. The number of nitrogens with zero attached hydrogens (tertiary/aromatic N) is 3. The summed E-state index contributed by atoms with van der Waals surface area (Å²) in [4.78, 5) is 13.5. The number of amides is 1.